The summed E-state index contributed by atoms with van der Waals surface area (Å²) < 4.78 is 11.2. The summed E-state index contributed by atoms with van der Waals surface area (Å²) in [5.74, 6) is 1.39. The highest BCUT2D eigenvalue weighted by atomic mass is 16.5. The van der Waals surface area contributed by atoms with E-state index < -0.39 is 0 Å². The SMILES string of the molecule is CNC(=O)c1cccc(-c2ccc3c(N4CC5CCC4CO5)nc(N(C)CCOC)nc3n2)c1. The Bertz CT molecular complexity index is 1190. The van der Waals surface area contributed by atoms with E-state index in [0.717, 1.165) is 48.5 Å². The smallest absolute Gasteiger partial charge is 0.251 e. The second kappa shape index (κ2) is 9.52. The number of likely N-dealkylation sites (N-methyl/N-ethyl adjacent to an activating group) is 1. The predicted molar refractivity (Wildman–Crippen MR) is 131 cm³/mol. The van der Waals surface area contributed by atoms with Crippen molar-refractivity contribution in [1.82, 2.24) is 20.3 Å². The Balaban J connectivity index is 1.59. The average Bonchev–Trinajstić information content (AvgIpc) is 2.90. The first-order valence-corrected chi connectivity index (χ1v) is 11.7. The van der Waals surface area contributed by atoms with Crippen LogP contribution in [0.2, 0.25) is 0 Å². The molecule has 6 rings (SSSR count). The molecular formula is C25H30N6O3. The number of benzene rings is 1. The molecule has 2 atom stereocenters. The number of fused-ring (bicyclic) bond motifs is 4. The third kappa shape index (κ3) is 4.28. The molecule has 2 unspecified atom stereocenters. The van der Waals surface area contributed by atoms with Gasteiger partial charge in [-0.15, -0.1) is 0 Å². The second-order valence-corrected chi connectivity index (χ2v) is 8.83. The highest BCUT2D eigenvalue weighted by molar-refractivity contribution is 5.95. The van der Waals surface area contributed by atoms with E-state index in [-0.39, 0.29) is 12.0 Å². The van der Waals surface area contributed by atoms with Crippen LogP contribution in [0.3, 0.4) is 0 Å². The molecule has 1 N–H and O–H groups in total. The molecular weight excluding hydrogens is 432 g/mol. The maximum atomic E-state index is 12.1. The molecule has 0 saturated carbocycles. The first-order valence-electron chi connectivity index (χ1n) is 11.7. The summed E-state index contributed by atoms with van der Waals surface area (Å²) in [6, 6.07) is 11.8. The van der Waals surface area contributed by atoms with Crippen LogP contribution in [0.5, 0.6) is 0 Å². The third-order valence-corrected chi connectivity index (χ3v) is 6.61. The predicted octanol–water partition coefficient (Wildman–Crippen LogP) is 2.50. The molecule has 3 aromatic rings. The topological polar surface area (TPSA) is 92.7 Å². The monoisotopic (exact) mass is 462 g/mol. The molecule has 5 heterocycles. The van der Waals surface area contributed by atoms with E-state index in [1.807, 2.05) is 42.3 Å². The van der Waals surface area contributed by atoms with Crippen molar-refractivity contribution in [2.24, 2.45) is 0 Å². The molecule has 2 bridgehead atoms. The molecule has 34 heavy (non-hydrogen) atoms. The number of nitrogens with zero attached hydrogens (tertiary/aromatic N) is 5. The van der Waals surface area contributed by atoms with Gasteiger partial charge in [0.25, 0.3) is 5.91 Å². The Morgan fingerprint density at radius 1 is 1.24 bits per heavy atom. The lowest BCUT2D eigenvalue weighted by Gasteiger charge is -2.46. The molecule has 9 nitrogen and oxygen atoms in total. The number of methoxy groups -OCH3 is 1. The van der Waals surface area contributed by atoms with Crippen LogP contribution in [0.4, 0.5) is 11.8 Å². The summed E-state index contributed by atoms with van der Waals surface area (Å²) in [4.78, 5) is 31.2. The fraction of sp³-hybridized carbons (Fsp3) is 0.440. The molecule has 2 aromatic heterocycles. The molecule has 1 amide bonds. The van der Waals surface area contributed by atoms with Crippen molar-refractivity contribution in [1.29, 1.82) is 0 Å². The van der Waals surface area contributed by atoms with Crippen molar-refractivity contribution in [3.63, 3.8) is 0 Å². The van der Waals surface area contributed by atoms with E-state index in [1.54, 1.807) is 20.2 Å². The Morgan fingerprint density at radius 3 is 2.82 bits per heavy atom. The average molecular weight is 463 g/mol. The molecule has 3 fully saturated rings. The largest absolute Gasteiger partial charge is 0.383 e. The van der Waals surface area contributed by atoms with Gasteiger partial charge in [0, 0.05) is 45.4 Å². The zero-order valence-electron chi connectivity index (χ0n) is 19.8. The van der Waals surface area contributed by atoms with Gasteiger partial charge in [-0.2, -0.15) is 9.97 Å². The van der Waals surface area contributed by atoms with Crippen LogP contribution in [0.25, 0.3) is 22.3 Å². The minimum absolute atomic E-state index is 0.128. The van der Waals surface area contributed by atoms with Crippen LogP contribution in [0.1, 0.15) is 23.2 Å². The molecule has 3 aliphatic rings. The lowest BCUT2D eigenvalue weighted by molar-refractivity contribution is -0.0227. The van der Waals surface area contributed by atoms with Crippen molar-refractivity contribution in [3.05, 3.63) is 42.0 Å². The van der Waals surface area contributed by atoms with Crippen LogP contribution in [-0.2, 0) is 9.47 Å². The molecule has 0 radical (unpaired) electrons. The fourth-order valence-corrected chi connectivity index (χ4v) is 4.64. The van der Waals surface area contributed by atoms with E-state index in [0.29, 0.717) is 36.4 Å². The van der Waals surface area contributed by atoms with Gasteiger partial charge in [-0.25, -0.2) is 4.98 Å². The number of nitrogens with one attached hydrogen (secondary N) is 1. The number of amides is 1. The summed E-state index contributed by atoms with van der Waals surface area (Å²) in [6.45, 7) is 2.80. The van der Waals surface area contributed by atoms with Gasteiger partial charge in [0.1, 0.15) is 5.82 Å². The zero-order valence-corrected chi connectivity index (χ0v) is 19.8. The van der Waals surface area contributed by atoms with E-state index in [9.17, 15) is 4.79 Å². The molecule has 1 aromatic carbocycles. The van der Waals surface area contributed by atoms with Crippen LogP contribution in [0.15, 0.2) is 36.4 Å². The number of piperidine rings is 1. The van der Waals surface area contributed by atoms with Crippen LogP contribution in [0, 0.1) is 0 Å². The maximum absolute atomic E-state index is 12.1. The molecule has 0 spiro atoms. The number of carbonyl (C=O) groups excluding carboxylic acids is 1. The zero-order chi connectivity index (χ0) is 23.7. The van der Waals surface area contributed by atoms with Crippen molar-refractivity contribution in [2.75, 3.05) is 57.3 Å². The highest BCUT2D eigenvalue weighted by Gasteiger charge is 2.36. The van der Waals surface area contributed by atoms with Crippen LogP contribution >= 0.6 is 0 Å². The van der Waals surface area contributed by atoms with Crippen molar-refractivity contribution in [3.8, 4) is 11.3 Å². The normalized spacial score (nSPS) is 19.4. The lowest BCUT2D eigenvalue weighted by atomic mass is 9.97. The van der Waals surface area contributed by atoms with Crippen LogP contribution < -0.4 is 15.1 Å². The van der Waals surface area contributed by atoms with Gasteiger partial charge < -0.3 is 24.6 Å². The van der Waals surface area contributed by atoms with E-state index in [4.69, 9.17) is 24.4 Å². The number of ether oxygens (including phenoxy) is 2. The van der Waals surface area contributed by atoms with Gasteiger partial charge in [-0.05, 0) is 37.1 Å². The fourth-order valence-electron chi connectivity index (χ4n) is 4.64. The van der Waals surface area contributed by atoms with Gasteiger partial charge in [0.05, 0.1) is 36.4 Å². The van der Waals surface area contributed by atoms with E-state index >= 15 is 0 Å². The lowest BCUT2D eigenvalue weighted by Crippen LogP contribution is -2.55. The quantitative estimate of drug-likeness (QED) is 0.573. The molecule has 178 valence electrons. The highest BCUT2D eigenvalue weighted by Crippen LogP contribution is 2.35. The number of rotatable bonds is 7. The van der Waals surface area contributed by atoms with Gasteiger partial charge >= 0.3 is 0 Å². The van der Waals surface area contributed by atoms with E-state index in [2.05, 4.69) is 10.2 Å². The number of hydrogen-bond donors (Lipinski definition) is 1. The minimum atomic E-state index is -0.128. The summed E-state index contributed by atoms with van der Waals surface area (Å²) in [7, 11) is 5.28. The Hall–Kier alpha value is -3.30. The number of hydrogen-bond acceptors (Lipinski definition) is 8. The first kappa shape index (κ1) is 22.5. The van der Waals surface area contributed by atoms with Gasteiger partial charge in [-0.1, -0.05) is 12.1 Å². The molecule has 3 saturated heterocycles. The standard InChI is InChI=1S/C25H30N6O3/c1-26-24(32)17-6-4-5-16(13-17)21-10-9-20-22(27-21)28-25(30(2)11-12-33-3)29-23(20)31-14-19-8-7-18(31)15-34-19/h4-6,9-10,13,18-19H,7-8,11-12,14-15H2,1-3H3,(H,26,32). The van der Waals surface area contributed by atoms with Crippen molar-refractivity contribution >= 4 is 28.7 Å². The number of pyridine rings is 1. The molecule has 0 aliphatic carbocycles. The second-order valence-electron chi connectivity index (χ2n) is 8.83. The first-order chi connectivity index (χ1) is 16.6. The molecule has 9 heteroatoms. The Morgan fingerprint density at radius 2 is 2.12 bits per heavy atom. The molecule has 3 aliphatic heterocycles. The van der Waals surface area contributed by atoms with Gasteiger partial charge in [-0.3, -0.25) is 4.79 Å². The summed E-state index contributed by atoms with van der Waals surface area (Å²) >= 11 is 0. The maximum Gasteiger partial charge on any atom is 0.251 e. The van der Waals surface area contributed by atoms with E-state index in [1.165, 1.54) is 0 Å². The third-order valence-electron chi connectivity index (χ3n) is 6.61. The van der Waals surface area contributed by atoms with Gasteiger partial charge in [0.15, 0.2) is 5.65 Å². The van der Waals surface area contributed by atoms with Crippen molar-refractivity contribution in [2.45, 2.75) is 25.0 Å². The van der Waals surface area contributed by atoms with Crippen molar-refractivity contribution < 1.29 is 14.3 Å². The minimum Gasteiger partial charge on any atom is -0.383 e. The number of carbonyl (C=O) groups is 1. The van der Waals surface area contributed by atoms with Gasteiger partial charge in [0.2, 0.25) is 5.95 Å². The summed E-state index contributed by atoms with van der Waals surface area (Å²) in [5.41, 5.74) is 2.85. The number of morpholine rings is 1. The summed E-state index contributed by atoms with van der Waals surface area (Å²) in [6.07, 6.45) is 2.43. The Labute approximate surface area is 199 Å². The van der Waals surface area contributed by atoms with Crippen LogP contribution in [-0.4, -0.2) is 80.5 Å². The Kier molecular flexibility index (Phi) is 6.30. The summed E-state index contributed by atoms with van der Waals surface area (Å²) in [5, 5.41) is 3.59. The number of anilines is 2. The number of aromatic nitrogens is 3.